The van der Waals surface area contributed by atoms with Crippen molar-refractivity contribution in [1.82, 2.24) is 5.32 Å². The van der Waals surface area contributed by atoms with Crippen LogP contribution in [0.1, 0.15) is 0 Å². The van der Waals surface area contributed by atoms with Gasteiger partial charge in [0.25, 0.3) is 0 Å². The lowest BCUT2D eigenvalue weighted by Gasteiger charge is -2.11. The molecule has 5 heteroatoms. The fourth-order valence-corrected chi connectivity index (χ4v) is 1.51. The molecule has 0 aliphatic rings. The van der Waals surface area contributed by atoms with Crippen LogP contribution in [-0.4, -0.2) is 42.6 Å². The fraction of sp³-hybridized carbons (Fsp3) is 0.556. The van der Waals surface area contributed by atoms with E-state index in [1.807, 2.05) is 16.8 Å². The van der Waals surface area contributed by atoms with Crippen LogP contribution < -0.4 is 10.1 Å². The van der Waals surface area contributed by atoms with Crippen LogP contribution in [0.25, 0.3) is 0 Å². The Morgan fingerprint density at radius 1 is 1.57 bits per heavy atom. The lowest BCUT2D eigenvalue weighted by Crippen LogP contribution is -2.32. The van der Waals surface area contributed by atoms with E-state index in [2.05, 4.69) is 5.32 Å². The standard InChI is InChI=1S/C9H15NO3S/c11-3-2-10-5-8(12)6-13-9-1-4-14-7-9/h1,4,7-8,10-12H,2-3,5-6H2. The summed E-state index contributed by atoms with van der Waals surface area (Å²) >= 11 is 1.56. The van der Waals surface area contributed by atoms with Gasteiger partial charge in [0.2, 0.25) is 0 Å². The Labute approximate surface area is 87.1 Å². The number of hydrogen-bond acceptors (Lipinski definition) is 5. The average Bonchev–Trinajstić information content (AvgIpc) is 2.68. The molecule has 14 heavy (non-hydrogen) atoms. The number of hydrogen-bond donors (Lipinski definition) is 3. The van der Waals surface area contributed by atoms with Crippen molar-refractivity contribution >= 4 is 11.3 Å². The van der Waals surface area contributed by atoms with E-state index in [1.54, 1.807) is 11.3 Å². The Morgan fingerprint density at radius 3 is 3.07 bits per heavy atom. The molecule has 0 saturated heterocycles. The van der Waals surface area contributed by atoms with E-state index in [-0.39, 0.29) is 13.2 Å². The van der Waals surface area contributed by atoms with Crippen LogP contribution >= 0.6 is 11.3 Å². The first-order valence-corrected chi connectivity index (χ1v) is 5.42. The summed E-state index contributed by atoms with van der Waals surface area (Å²) in [5, 5.41) is 24.6. The van der Waals surface area contributed by atoms with E-state index in [1.165, 1.54) is 0 Å². The second kappa shape index (κ2) is 6.78. The molecule has 0 radical (unpaired) electrons. The summed E-state index contributed by atoms with van der Waals surface area (Å²) in [6.07, 6.45) is -0.540. The van der Waals surface area contributed by atoms with Gasteiger partial charge in [0, 0.05) is 18.5 Å². The van der Waals surface area contributed by atoms with Crippen molar-refractivity contribution in [2.24, 2.45) is 0 Å². The maximum atomic E-state index is 9.41. The van der Waals surface area contributed by atoms with Crippen LogP contribution in [0.5, 0.6) is 5.75 Å². The van der Waals surface area contributed by atoms with Gasteiger partial charge in [-0.25, -0.2) is 0 Å². The van der Waals surface area contributed by atoms with Crippen molar-refractivity contribution in [3.05, 3.63) is 16.8 Å². The Morgan fingerprint density at radius 2 is 2.43 bits per heavy atom. The highest BCUT2D eigenvalue weighted by Crippen LogP contribution is 2.14. The van der Waals surface area contributed by atoms with Crippen LogP contribution in [-0.2, 0) is 0 Å². The zero-order valence-corrected chi connectivity index (χ0v) is 8.67. The molecule has 80 valence electrons. The zero-order valence-electron chi connectivity index (χ0n) is 7.85. The van der Waals surface area contributed by atoms with Crippen molar-refractivity contribution < 1.29 is 14.9 Å². The Hall–Kier alpha value is -0.620. The molecule has 0 amide bonds. The highest BCUT2D eigenvalue weighted by atomic mass is 32.1. The van der Waals surface area contributed by atoms with Crippen molar-refractivity contribution in [2.75, 3.05) is 26.3 Å². The topological polar surface area (TPSA) is 61.7 Å². The van der Waals surface area contributed by atoms with Gasteiger partial charge < -0.3 is 20.3 Å². The third-order valence-corrected chi connectivity index (χ3v) is 2.27. The number of aliphatic hydroxyl groups excluding tert-OH is 2. The van der Waals surface area contributed by atoms with Gasteiger partial charge in [-0.05, 0) is 11.4 Å². The molecule has 3 N–H and O–H groups in total. The number of rotatable bonds is 7. The lowest BCUT2D eigenvalue weighted by atomic mass is 10.4. The van der Waals surface area contributed by atoms with E-state index in [4.69, 9.17) is 9.84 Å². The van der Waals surface area contributed by atoms with Gasteiger partial charge in [0.15, 0.2) is 0 Å². The summed E-state index contributed by atoms with van der Waals surface area (Å²) < 4.78 is 5.30. The SMILES string of the molecule is OCCNCC(O)COc1ccsc1. The van der Waals surface area contributed by atoms with E-state index in [0.717, 1.165) is 5.75 Å². The number of aliphatic hydroxyl groups is 2. The first-order chi connectivity index (χ1) is 6.83. The van der Waals surface area contributed by atoms with Crippen molar-refractivity contribution in [1.29, 1.82) is 0 Å². The summed E-state index contributed by atoms with van der Waals surface area (Å²) in [5.41, 5.74) is 0. The molecule has 0 fully saturated rings. The normalized spacial score (nSPS) is 12.7. The predicted molar refractivity (Wildman–Crippen MR) is 55.8 cm³/mol. The Kier molecular flexibility index (Phi) is 5.55. The monoisotopic (exact) mass is 217 g/mol. The minimum atomic E-state index is -0.540. The summed E-state index contributed by atoms with van der Waals surface area (Å²) in [7, 11) is 0. The number of nitrogens with one attached hydrogen (secondary N) is 1. The summed E-state index contributed by atoms with van der Waals surface area (Å²) in [5.74, 6) is 0.788. The molecule has 1 heterocycles. The van der Waals surface area contributed by atoms with Gasteiger partial charge in [-0.3, -0.25) is 0 Å². The summed E-state index contributed by atoms with van der Waals surface area (Å²) in [6, 6.07) is 1.86. The first-order valence-electron chi connectivity index (χ1n) is 4.47. The second-order valence-corrected chi connectivity index (χ2v) is 3.63. The fourth-order valence-electron chi connectivity index (χ4n) is 0.933. The summed E-state index contributed by atoms with van der Waals surface area (Å²) in [4.78, 5) is 0. The van der Waals surface area contributed by atoms with Crippen LogP contribution in [0.4, 0.5) is 0 Å². The van der Waals surface area contributed by atoms with Crippen molar-refractivity contribution in [2.45, 2.75) is 6.10 Å². The van der Waals surface area contributed by atoms with Crippen LogP contribution in [0, 0.1) is 0 Å². The Balaban J connectivity index is 2.06. The molecule has 4 nitrogen and oxygen atoms in total. The smallest absolute Gasteiger partial charge is 0.130 e. The molecule has 1 aromatic rings. The van der Waals surface area contributed by atoms with E-state index in [0.29, 0.717) is 13.1 Å². The highest BCUT2D eigenvalue weighted by Gasteiger charge is 2.04. The van der Waals surface area contributed by atoms with Crippen molar-refractivity contribution in [3.8, 4) is 5.75 Å². The number of ether oxygens (including phenoxy) is 1. The molecule has 0 aliphatic carbocycles. The van der Waals surface area contributed by atoms with Gasteiger partial charge in [0.1, 0.15) is 18.5 Å². The molecule has 0 aromatic carbocycles. The molecule has 0 aliphatic heterocycles. The molecule has 0 spiro atoms. The molecular weight excluding hydrogens is 202 g/mol. The quantitative estimate of drug-likeness (QED) is 0.566. The maximum Gasteiger partial charge on any atom is 0.130 e. The van der Waals surface area contributed by atoms with E-state index in [9.17, 15) is 5.11 Å². The lowest BCUT2D eigenvalue weighted by molar-refractivity contribution is 0.105. The van der Waals surface area contributed by atoms with Crippen LogP contribution in [0.15, 0.2) is 16.8 Å². The first kappa shape index (κ1) is 11.5. The van der Waals surface area contributed by atoms with E-state index < -0.39 is 6.10 Å². The van der Waals surface area contributed by atoms with Crippen LogP contribution in [0.3, 0.4) is 0 Å². The molecular formula is C9H15NO3S. The Bertz CT molecular complexity index is 228. The van der Waals surface area contributed by atoms with Gasteiger partial charge >= 0.3 is 0 Å². The summed E-state index contributed by atoms with van der Waals surface area (Å²) in [6.45, 7) is 1.29. The minimum absolute atomic E-state index is 0.0815. The van der Waals surface area contributed by atoms with Gasteiger partial charge in [-0.1, -0.05) is 0 Å². The minimum Gasteiger partial charge on any atom is -0.490 e. The van der Waals surface area contributed by atoms with Gasteiger partial charge in [0.05, 0.1) is 6.61 Å². The molecule has 1 unspecified atom stereocenters. The second-order valence-electron chi connectivity index (χ2n) is 2.85. The van der Waals surface area contributed by atoms with Crippen molar-refractivity contribution in [3.63, 3.8) is 0 Å². The molecule has 0 saturated carbocycles. The molecule has 1 aromatic heterocycles. The zero-order chi connectivity index (χ0) is 10.2. The highest BCUT2D eigenvalue weighted by molar-refractivity contribution is 7.08. The average molecular weight is 217 g/mol. The molecule has 0 bridgehead atoms. The maximum absolute atomic E-state index is 9.41. The van der Waals surface area contributed by atoms with E-state index >= 15 is 0 Å². The van der Waals surface area contributed by atoms with Gasteiger partial charge in [-0.2, -0.15) is 0 Å². The third-order valence-electron chi connectivity index (χ3n) is 1.61. The van der Waals surface area contributed by atoms with Crippen LogP contribution in [0.2, 0.25) is 0 Å². The van der Waals surface area contributed by atoms with Gasteiger partial charge in [-0.15, -0.1) is 11.3 Å². The predicted octanol–water partition coefficient (Wildman–Crippen LogP) is 0.0697. The number of thiophene rings is 1. The largest absolute Gasteiger partial charge is 0.490 e. The molecule has 1 atom stereocenters. The molecule has 1 rings (SSSR count). The third kappa shape index (κ3) is 4.57.